The lowest BCUT2D eigenvalue weighted by atomic mass is 9.85. The summed E-state index contributed by atoms with van der Waals surface area (Å²) in [7, 11) is -3.27. The minimum atomic E-state index is -3.27. The minimum Gasteiger partial charge on any atom is -0.201 e. The summed E-state index contributed by atoms with van der Waals surface area (Å²) in [5.41, 5.74) is 0.859. The highest BCUT2D eigenvalue weighted by Gasteiger charge is 2.33. The van der Waals surface area contributed by atoms with Crippen molar-refractivity contribution in [3.05, 3.63) is 34.3 Å². The van der Waals surface area contributed by atoms with Crippen LogP contribution in [0.2, 0.25) is 0 Å². The van der Waals surface area contributed by atoms with Gasteiger partial charge in [-0.15, -0.1) is 0 Å². The summed E-state index contributed by atoms with van der Waals surface area (Å²) in [5.74, 6) is 0. The predicted octanol–water partition coefficient (Wildman–Crippen LogP) is 1.88. The molecule has 1 fully saturated rings. The number of nitrogens with one attached hydrogen (secondary N) is 1. The SMILES string of the molecule is CC(C)(CNS(=O)(=O)N1CC1)c1cccc(Br)c1. The van der Waals surface area contributed by atoms with Crippen LogP contribution in [0.15, 0.2) is 28.7 Å². The van der Waals surface area contributed by atoms with Crippen molar-refractivity contribution in [1.82, 2.24) is 9.03 Å². The highest BCUT2D eigenvalue weighted by Crippen LogP contribution is 2.25. The number of halogens is 1. The smallest absolute Gasteiger partial charge is 0.201 e. The number of rotatable bonds is 5. The first-order valence-corrected chi connectivity index (χ1v) is 8.05. The molecule has 2 rings (SSSR count). The van der Waals surface area contributed by atoms with Gasteiger partial charge >= 0.3 is 0 Å². The molecule has 1 heterocycles. The molecule has 1 N–H and O–H groups in total. The van der Waals surface area contributed by atoms with Crippen molar-refractivity contribution in [1.29, 1.82) is 0 Å². The van der Waals surface area contributed by atoms with Gasteiger partial charge in [0.1, 0.15) is 0 Å². The summed E-state index contributed by atoms with van der Waals surface area (Å²) >= 11 is 3.43. The number of nitrogens with zero attached hydrogens (tertiary/aromatic N) is 1. The van der Waals surface area contributed by atoms with E-state index in [-0.39, 0.29) is 5.41 Å². The zero-order valence-corrected chi connectivity index (χ0v) is 12.9. The molecule has 0 aliphatic carbocycles. The summed E-state index contributed by atoms with van der Waals surface area (Å²) < 4.78 is 28.6. The van der Waals surface area contributed by atoms with Gasteiger partial charge < -0.3 is 0 Å². The third-order valence-electron chi connectivity index (χ3n) is 3.05. The maximum Gasteiger partial charge on any atom is 0.279 e. The lowest BCUT2D eigenvalue weighted by Crippen LogP contribution is -2.39. The Morgan fingerprint density at radius 1 is 1.39 bits per heavy atom. The van der Waals surface area contributed by atoms with Crippen molar-refractivity contribution < 1.29 is 8.42 Å². The maximum absolute atomic E-state index is 11.7. The first-order valence-electron chi connectivity index (χ1n) is 5.82. The van der Waals surface area contributed by atoms with Crippen LogP contribution < -0.4 is 4.72 Å². The van der Waals surface area contributed by atoms with Crippen molar-refractivity contribution in [3.63, 3.8) is 0 Å². The Morgan fingerprint density at radius 3 is 2.61 bits per heavy atom. The average molecular weight is 333 g/mol. The van der Waals surface area contributed by atoms with Crippen LogP contribution in [0.25, 0.3) is 0 Å². The summed E-state index contributed by atoms with van der Waals surface area (Å²) in [5, 5.41) is 0. The molecule has 4 nitrogen and oxygen atoms in total. The van der Waals surface area contributed by atoms with E-state index in [0.717, 1.165) is 10.0 Å². The molecule has 0 radical (unpaired) electrons. The zero-order valence-electron chi connectivity index (χ0n) is 10.5. The molecular weight excluding hydrogens is 316 g/mol. The van der Waals surface area contributed by atoms with E-state index in [9.17, 15) is 8.42 Å². The Hall–Kier alpha value is -0.430. The van der Waals surface area contributed by atoms with Crippen molar-refractivity contribution in [2.75, 3.05) is 19.6 Å². The molecule has 1 aromatic carbocycles. The normalized spacial score (nSPS) is 16.8. The molecular formula is C12H17BrN2O2S. The first kappa shape index (κ1) is 14.0. The Kier molecular flexibility index (Phi) is 3.82. The molecule has 0 atom stereocenters. The third kappa shape index (κ3) is 3.32. The van der Waals surface area contributed by atoms with E-state index < -0.39 is 10.2 Å². The molecule has 1 aliphatic heterocycles. The summed E-state index contributed by atoms with van der Waals surface area (Å²) in [6.45, 7) is 5.71. The van der Waals surface area contributed by atoms with Gasteiger partial charge in [0.05, 0.1) is 0 Å². The van der Waals surface area contributed by atoms with Crippen LogP contribution in [0.1, 0.15) is 19.4 Å². The van der Waals surface area contributed by atoms with Crippen LogP contribution in [0.4, 0.5) is 0 Å². The van der Waals surface area contributed by atoms with Crippen LogP contribution in [0, 0.1) is 0 Å². The fourth-order valence-corrected chi connectivity index (χ4v) is 3.34. The minimum absolute atomic E-state index is 0.243. The van der Waals surface area contributed by atoms with Crippen molar-refractivity contribution in [3.8, 4) is 0 Å². The molecule has 0 bridgehead atoms. The summed E-state index contributed by atoms with van der Waals surface area (Å²) in [6, 6.07) is 7.95. The summed E-state index contributed by atoms with van der Waals surface area (Å²) in [6.07, 6.45) is 0. The summed E-state index contributed by atoms with van der Waals surface area (Å²) in [4.78, 5) is 0. The fraction of sp³-hybridized carbons (Fsp3) is 0.500. The van der Waals surface area contributed by atoms with E-state index in [0.29, 0.717) is 19.6 Å². The van der Waals surface area contributed by atoms with Gasteiger partial charge in [-0.3, -0.25) is 0 Å². The van der Waals surface area contributed by atoms with Gasteiger partial charge in [-0.2, -0.15) is 12.7 Å². The van der Waals surface area contributed by atoms with Crippen LogP contribution in [0.5, 0.6) is 0 Å². The molecule has 100 valence electrons. The predicted molar refractivity (Wildman–Crippen MR) is 75.7 cm³/mol. The van der Waals surface area contributed by atoms with Gasteiger partial charge in [0.25, 0.3) is 10.2 Å². The van der Waals surface area contributed by atoms with Gasteiger partial charge in [0.15, 0.2) is 0 Å². The van der Waals surface area contributed by atoms with E-state index in [1.807, 2.05) is 38.1 Å². The molecule has 1 aliphatic rings. The maximum atomic E-state index is 11.7. The molecule has 6 heteroatoms. The van der Waals surface area contributed by atoms with E-state index >= 15 is 0 Å². The van der Waals surface area contributed by atoms with Crippen LogP contribution in [-0.4, -0.2) is 32.4 Å². The molecule has 0 spiro atoms. The third-order valence-corrected chi connectivity index (χ3v) is 5.10. The highest BCUT2D eigenvalue weighted by atomic mass is 79.9. The quantitative estimate of drug-likeness (QED) is 0.837. The molecule has 1 aromatic rings. The van der Waals surface area contributed by atoms with E-state index in [2.05, 4.69) is 20.7 Å². The van der Waals surface area contributed by atoms with Gasteiger partial charge in [-0.05, 0) is 17.7 Å². The standard InChI is InChI=1S/C12H17BrN2O2S/c1-12(2,10-4-3-5-11(13)8-10)9-14-18(16,17)15-6-7-15/h3-5,8,14H,6-7,9H2,1-2H3. The fourth-order valence-electron chi connectivity index (χ4n) is 1.66. The molecule has 0 amide bonds. The lowest BCUT2D eigenvalue weighted by Gasteiger charge is -2.25. The van der Waals surface area contributed by atoms with Gasteiger partial charge in [0.2, 0.25) is 0 Å². The number of hydrogen-bond donors (Lipinski definition) is 1. The van der Waals surface area contributed by atoms with Crippen LogP contribution in [0.3, 0.4) is 0 Å². The van der Waals surface area contributed by atoms with Crippen molar-refractivity contribution in [2.45, 2.75) is 19.3 Å². The Bertz CT molecular complexity index is 539. The highest BCUT2D eigenvalue weighted by molar-refractivity contribution is 9.10. The van der Waals surface area contributed by atoms with E-state index in [1.54, 1.807) is 0 Å². The number of benzene rings is 1. The molecule has 0 saturated carbocycles. The Balaban J connectivity index is 2.07. The Labute approximate surface area is 117 Å². The van der Waals surface area contributed by atoms with Gasteiger partial charge in [0, 0.05) is 29.5 Å². The molecule has 0 unspecified atom stereocenters. The Morgan fingerprint density at radius 2 is 2.06 bits per heavy atom. The van der Waals surface area contributed by atoms with Gasteiger partial charge in [-0.25, -0.2) is 4.72 Å². The monoisotopic (exact) mass is 332 g/mol. The first-order chi connectivity index (χ1) is 8.31. The molecule has 18 heavy (non-hydrogen) atoms. The second-order valence-electron chi connectivity index (χ2n) is 5.12. The zero-order chi connectivity index (χ0) is 13.4. The van der Waals surface area contributed by atoms with E-state index in [4.69, 9.17) is 0 Å². The second kappa shape index (κ2) is 4.92. The number of hydrogen-bond acceptors (Lipinski definition) is 2. The lowest BCUT2D eigenvalue weighted by molar-refractivity contribution is 0.488. The molecule has 1 saturated heterocycles. The largest absolute Gasteiger partial charge is 0.279 e. The van der Waals surface area contributed by atoms with E-state index in [1.165, 1.54) is 4.31 Å². The van der Waals surface area contributed by atoms with Crippen LogP contribution in [-0.2, 0) is 15.6 Å². The van der Waals surface area contributed by atoms with Crippen LogP contribution >= 0.6 is 15.9 Å². The van der Waals surface area contributed by atoms with Gasteiger partial charge in [-0.1, -0.05) is 41.9 Å². The molecule has 0 aromatic heterocycles. The average Bonchev–Trinajstić information content (AvgIpc) is 3.11. The topological polar surface area (TPSA) is 49.2 Å². The van der Waals surface area contributed by atoms with Crippen molar-refractivity contribution >= 4 is 26.1 Å². The van der Waals surface area contributed by atoms with Crippen molar-refractivity contribution in [2.24, 2.45) is 0 Å². The second-order valence-corrected chi connectivity index (χ2v) is 7.79.